The predicted octanol–water partition coefficient (Wildman–Crippen LogP) is 0.365. The average molecular weight is 467 g/mol. The highest BCUT2D eigenvalue weighted by Crippen LogP contribution is 2.29. The smallest absolute Gasteiger partial charge is 0.410 e. The first kappa shape index (κ1) is 22.9. The maximum absolute atomic E-state index is 13.4. The molecule has 3 heterocycles. The van der Waals surface area contributed by atoms with Crippen LogP contribution in [0.1, 0.15) is 5.56 Å². The predicted molar refractivity (Wildman–Crippen MR) is 116 cm³/mol. The van der Waals surface area contributed by atoms with Gasteiger partial charge in [-0.25, -0.2) is 4.79 Å². The number of phenolic OH excluding ortho intramolecular Hbond substituents is 1. The number of alkyl halides is 3. The fourth-order valence-corrected chi connectivity index (χ4v) is 4.50. The van der Waals surface area contributed by atoms with E-state index in [2.05, 4.69) is 10.6 Å². The van der Waals surface area contributed by atoms with E-state index in [1.54, 1.807) is 24.3 Å². The summed E-state index contributed by atoms with van der Waals surface area (Å²) >= 11 is 0. The Morgan fingerprint density at radius 3 is 2.67 bits per heavy atom. The molecule has 0 spiro atoms. The zero-order valence-corrected chi connectivity index (χ0v) is 18.0. The minimum atomic E-state index is -4.49. The van der Waals surface area contributed by atoms with Gasteiger partial charge in [-0.3, -0.25) is 0 Å². The van der Waals surface area contributed by atoms with Gasteiger partial charge in [0.2, 0.25) is 0 Å². The lowest BCUT2D eigenvalue weighted by Crippen LogP contribution is -2.66. The van der Waals surface area contributed by atoms with Crippen molar-refractivity contribution in [2.24, 2.45) is 11.5 Å². The van der Waals surface area contributed by atoms with E-state index in [1.165, 1.54) is 11.0 Å². The Bertz CT molecular complexity index is 965. The molecule has 0 aliphatic carbocycles. The van der Waals surface area contributed by atoms with E-state index >= 15 is 0 Å². The Hall–Kier alpha value is -3.28. The van der Waals surface area contributed by atoms with Crippen LogP contribution in [0.4, 0.5) is 18.0 Å². The number of nitrogens with two attached hydrogens (primary N) is 2. The maximum atomic E-state index is 13.4. The fourth-order valence-electron chi connectivity index (χ4n) is 4.50. The summed E-state index contributed by atoms with van der Waals surface area (Å²) < 4.78 is 40.3. The number of fused-ring (bicyclic) bond motifs is 1. The molecule has 12 heteroatoms. The number of hydrogen-bond donors (Lipinski definition) is 5. The molecule has 2 atom stereocenters. The van der Waals surface area contributed by atoms with Gasteiger partial charge in [0, 0.05) is 57.1 Å². The molecule has 3 aliphatic heterocycles. The van der Waals surface area contributed by atoms with Crippen LogP contribution in [0.3, 0.4) is 0 Å². The van der Waals surface area contributed by atoms with Gasteiger partial charge in [-0.1, -0.05) is 12.1 Å². The highest BCUT2D eigenvalue weighted by molar-refractivity contribution is 5.75. The lowest BCUT2D eigenvalue weighted by molar-refractivity contribution is -0.180. The van der Waals surface area contributed by atoms with Gasteiger partial charge in [0.05, 0.1) is 11.7 Å². The van der Waals surface area contributed by atoms with Gasteiger partial charge < -0.3 is 41.9 Å². The molecule has 2 saturated heterocycles. The van der Waals surface area contributed by atoms with Crippen LogP contribution in [0.25, 0.3) is 5.70 Å². The molecule has 7 N–H and O–H groups in total. The van der Waals surface area contributed by atoms with Crippen LogP contribution in [0.5, 0.6) is 5.75 Å². The van der Waals surface area contributed by atoms with Gasteiger partial charge in [-0.05, 0) is 18.2 Å². The Kier molecular flexibility index (Phi) is 6.19. The molecule has 0 aromatic heterocycles. The molecule has 0 radical (unpaired) electrons. The lowest BCUT2D eigenvalue weighted by atomic mass is 10.1. The molecule has 9 nitrogen and oxygen atoms in total. The first-order valence-corrected chi connectivity index (χ1v) is 10.8. The minimum absolute atomic E-state index is 0.00405. The third-order valence-corrected chi connectivity index (χ3v) is 6.24. The van der Waals surface area contributed by atoms with Crippen molar-refractivity contribution in [3.8, 4) is 5.75 Å². The van der Waals surface area contributed by atoms with Crippen molar-refractivity contribution in [3.63, 3.8) is 0 Å². The number of nitrogens with zero attached hydrogens (tertiary/aromatic N) is 3. The number of phenols is 1. The van der Waals surface area contributed by atoms with Crippen molar-refractivity contribution in [1.29, 1.82) is 0 Å². The third kappa shape index (κ3) is 4.61. The molecule has 2 fully saturated rings. The SMILES string of the molecule is NC1=C(/C=C(\N)c2ccccc2O)N2CCN(C(=O)N3CCNCC3C(F)(F)F)CC2CN1. The largest absolute Gasteiger partial charge is 0.507 e. The van der Waals surface area contributed by atoms with Crippen molar-refractivity contribution in [2.45, 2.75) is 18.3 Å². The number of benzene rings is 1. The van der Waals surface area contributed by atoms with Gasteiger partial charge in [0.25, 0.3) is 0 Å². The highest BCUT2D eigenvalue weighted by Gasteiger charge is 2.48. The number of nitrogens with one attached hydrogen (secondary N) is 2. The van der Waals surface area contributed by atoms with Crippen molar-refractivity contribution in [3.05, 3.63) is 47.4 Å². The van der Waals surface area contributed by atoms with Crippen LogP contribution in [0.15, 0.2) is 41.9 Å². The van der Waals surface area contributed by atoms with E-state index in [9.17, 15) is 23.1 Å². The molecular formula is C21H28F3N7O2. The summed E-state index contributed by atoms with van der Waals surface area (Å²) in [6.45, 7) is 1.36. The van der Waals surface area contributed by atoms with Crippen LogP contribution in [0.2, 0.25) is 0 Å². The molecular weight excluding hydrogens is 439 g/mol. The number of piperazine rings is 2. The van der Waals surface area contributed by atoms with Crippen LogP contribution < -0.4 is 22.1 Å². The molecule has 3 aliphatic rings. The molecule has 2 unspecified atom stereocenters. The summed E-state index contributed by atoms with van der Waals surface area (Å²) in [6, 6.07) is 4.03. The van der Waals surface area contributed by atoms with Gasteiger partial charge >= 0.3 is 12.2 Å². The molecule has 33 heavy (non-hydrogen) atoms. The second-order valence-electron chi connectivity index (χ2n) is 8.33. The molecule has 1 aromatic rings. The molecule has 1 aromatic carbocycles. The summed E-state index contributed by atoms with van der Waals surface area (Å²) in [5, 5.41) is 15.9. The number of rotatable bonds is 2. The number of amides is 2. The maximum Gasteiger partial charge on any atom is 0.410 e. The molecule has 180 valence electrons. The number of carbonyl (C=O) groups excluding carboxylic acids is 1. The van der Waals surface area contributed by atoms with E-state index < -0.39 is 18.2 Å². The molecule has 2 amide bonds. The second kappa shape index (κ2) is 8.93. The fraction of sp³-hybridized carbons (Fsp3) is 0.476. The van der Waals surface area contributed by atoms with Gasteiger partial charge in [-0.15, -0.1) is 0 Å². The van der Waals surface area contributed by atoms with Gasteiger partial charge in [-0.2, -0.15) is 13.2 Å². The number of allylic oxidation sites excluding steroid dienone is 1. The molecule has 0 bridgehead atoms. The standard InChI is InChI=1S/C21H28F3N7O2/c22-21(23,24)18-11-27-5-6-31(18)20(33)29-7-8-30-13(12-29)10-28-19(26)16(30)9-15(25)14-3-1-2-4-17(14)32/h1-4,9,13,18,27-28,32H,5-8,10-12,25-26H2/b15-9-. The Balaban J connectivity index is 1.50. The van der Waals surface area contributed by atoms with Crippen LogP contribution in [-0.2, 0) is 0 Å². The van der Waals surface area contributed by atoms with E-state index in [1.807, 2.05) is 4.90 Å². The summed E-state index contributed by atoms with van der Waals surface area (Å²) in [7, 11) is 0. The summed E-state index contributed by atoms with van der Waals surface area (Å²) in [4.78, 5) is 17.4. The zero-order chi connectivity index (χ0) is 23.8. The number of aromatic hydroxyl groups is 1. The zero-order valence-electron chi connectivity index (χ0n) is 18.0. The summed E-state index contributed by atoms with van der Waals surface area (Å²) in [5.74, 6) is 0.444. The number of urea groups is 1. The molecule has 4 rings (SSSR count). The topological polar surface area (TPSA) is 123 Å². The number of para-hydroxylation sites is 1. The highest BCUT2D eigenvalue weighted by atomic mass is 19.4. The lowest BCUT2D eigenvalue weighted by Gasteiger charge is -2.48. The average Bonchev–Trinajstić information content (AvgIpc) is 2.79. The van der Waals surface area contributed by atoms with Crippen molar-refractivity contribution < 1.29 is 23.1 Å². The summed E-state index contributed by atoms with van der Waals surface area (Å²) in [6.07, 6.45) is -2.83. The van der Waals surface area contributed by atoms with Crippen LogP contribution in [0, 0.1) is 0 Å². The first-order chi connectivity index (χ1) is 15.7. The monoisotopic (exact) mass is 467 g/mol. The van der Waals surface area contributed by atoms with Gasteiger partial charge in [0.1, 0.15) is 17.6 Å². The summed E-state index contributed by atoms with van der Waals surface area (Å²) in [5.41, 5.74) is 13.8. The second-order valence-corrected chi connectivity index (χ2v) is 8.33. The number of carbonyl (C=O) groups is 1. The third-order valence-electron chi connectivity index (χ3n) is 6.24. The van der Waals surface area contributed by atoms with E-state index in [-0.39, 0.29) is 38.0 Å². The Morgan fingerprint density at radius 2 is 1.94 bits per heavy atom. The van der Waals surface area contributed by atoms with E-state index in [0.717, 1.165) is 4.90 Å². The number of halogens is 3. The van der Waals surface area contributed by atoms with Crippen molar-refractivity contribution in [2.75, 3.05) is 45.8 Å². The van der Waals surface area contributed by atoms with Crippen molar-refractivity contribution in [1.82, 2.24) is 25.3 Å². The first-order valence-electron chi connectivity index (χ1n) is 10.8. The van der Waals surface area contributed by atoms with Crippen LogP contribution >= 0.6 is 0 Å². The van der Waals surface area contributed by atoms with Crippen molar-refractivity contribution >= 4 is 11.7 Å². The number of hydrogen-bond acceptors (Lipinski definition) is 7. The molecule has 0 saturated carbocycles. The van der Waals surface area contributed by atoms with Gasteiger partial charge in [0.15, 0.2) is 0 Å². The Morgan fingerprint density at radius 1 is 1.18 bits per heavy atom. The minimum Gasteiger partial charge on any atom is -0.507 e. The van der Waals surface area contributed by atoms with Crippen LogP contribution in [-0.4, -0.2) is 89.9 Å². The normalized spacial score (nSPS) is 24.5. The van der Waals surface area contributed by atoms with E-state index in [4.69, 9.17) is 11.5 Å². The Labute approximate surface area is 189 Å². The van der Waals surface area contributed by atoms with E-state index in [0.29, 0.717) is 42.4 Å². The quantitative estimate of drug-likeness (QED) is 0.426.